The molecule has 0 atom stereocenters. The normalized spacial score (nSPS) is 10.5. The van der Waals surface area contributed by atoms with E-state index >= 15 is 0 Å². The third-order valence-corrected chi connectivity index (χ3v) is 3.59. The van der Waals surface area contributed by atoms with Crippen molar-refractivity contribution >= 4 is 33.7 Å². The average molecular weight is 346 g/mol. The Labute approximate surface area is 139 Å². The van der Waals surface area contributed by atoms with Gasteiger partial charge in [0.1, 0.15) is 11.5 Å². The monoisotopic (exact) mass is 345 g/mol. The molecule has 3 aromatic rings. The number of halogens is 1. The number of non-ortho nitro benzene ring substituents is 2. The van der Waals surface area contributed by atoms with Gasteiger partial charge in [0.25, 0.3) is 11.4 Å². The van der Waals surface area contributed by atoms with Crippen molar-refractivity contribution in [1.82, 2.24) is 4.98 Å². The summed E-state index contributed by atoms with van der Waals surface area (Å²) < 4.78 is 5.69. The summed E-state index contributed by atoms with van der Waals surface area (Å²) >= 11 is 6.01. The van der Waals surface area contributed by atoms with Crippen molar-refractivity contribution in [3.63, 3.8) is 0 Å². The number of benzene rings is 2. The van der Waals surface area contributed by atoms with Gasteiger partial charge in [-0.2, -0.15) is 0 Å². The van der Waals surface area contributed by atoms with E-state index in [2.05, 4.69) is 4.98 Å². The standard InChI is InChI=1S/C15H8ClN3O5/c16-12-7-9(18(20)21)1-3-15(12)24-14-4-2-13(19(22)23)11-8-17-6-5-10(11)14/h1-8H. The fraction of sp³-hybridized carbons (Fsp3) is 0. The predicted molar refractivity (Wildman–Crippen MR) is 86.6 cm³/mol. The lowest BCUT2D eigenvalue weighted by Crippen LogP contribution is -1.93. The summed E-state index contributed by atoms with van der Waals surface area (Å²) in [7, 11) is 0. The fourth-order valence-electron chi connectivity index (χ4n) is 2.20. The van der Waals surface area contributed by atoms with Crippen LogP contribution in [-0.4, -0.2) is 14.8 Å². The zero-order valence-corrected chi connectivity index (χ0v) is 12.6. The number of fused-ring (bicyclic) bond motifs is 1. The molecule has 0 saturated heterocycles. The van der Waals surface area contributed by atoms with E-state index in [0.29, 0.717) is 16.5 Å². The van der Waals surface area contributed by atoms with Crippen LogP contribution < -0.4 is 4.74 Å². The van der Waals surface area contributed by atoms with Crippen LogP contribution in [0.3, 0.4) is 0 Å². The highest BCUT2D eigenvalue weighted by Gasteiger charge is 2.17. The maximum atomic E-state index is 11.1. The van der Waals surface area contributed by atoms with Crippen LogP contribution in [0.4, 0.5) is 11.4 Å². The van der Waals surface area contributed by atoms with E-state index < -0.39 is 9.85 Å². The van der Waals surface area contributed by atoms with Crippen LogP contribution in [0.25, 0.3) is 10.8 Å². The number of nitrogens with zero attached hydrogens (tertiary/aromatic N) is 3. The van der Waals surface area contributed by atoms with Crippen LogP contribution in [0, 0.1) is 20.2 Å². The zero-order valence-electron chi connectivity index (χ0n) is 11.9. The lowest BCUT2D eigenvalue weighted by atomic mass is 10.1. The van der Waals surface area contributed by atoms with E-state index in [9.17, 15) is 20.2 Å². The molecule has 0 spiro atoms. The number of hydrogen-bond acceptors (Lipinski definition) is 6. The molecule has 1 aromatic heterocycles. The lowest BCUT2D eigenvalue weighted by molar-refractivity contribution is -0.384. The molecule has 1 heterocycles. The Morgan fingerprint density at radius 3 is 2.38 bits per heavy atom. The smallest absolute Gasteiger partial charge is 0.279 e. The van der Waals surface area contributed by atoms with Crippen LogP contribution in [-0.2, 0) is 0 Å². The Morgan fingerprint density at radius 1 is 0.958 bits per heavy atom. The fourth-order valence-corrected chi connectivity index (χ4v) is 2.41. The van der Waals surface area contributed by atoms with E-state index in [-0.39, 0.29) is 22.1 Å². The molecule has 0 aliphatic rings. The minimum atomic E-state index is -0.567. The molecule has 8 nitrogen and oxygen atoms in total. The topological polar surface area (TPSA) is 108 Å². The Bertz CT molecular complexity index is 976. The van der Waals surface area contributed by atoms with Crippen molar-refractivity contribution in [1.29, 1.82) is 0 Å². The van der Waals surface area contributed by atoms with E-state index in [4.69, 9.17) is 16.3 Å². The van der Waals surface area contributed by atoms with Gasteiger partial charge in [0.05, 0.1) is 20.3 Å². The molecule has 2 aromatic carbocycles. The van der Waals surface area contributed by atoms with Crippen LogP contribution >= 0.6 is 11.6 Å². The van der Waals surface area contributed by atoms with Crippen molar-refractivity contribution in [3.05, 3.63) is 74.0 Å². The quantitative estimate of drug-likeness (QED) is 0.508. The molecule has 3 rings (SSSR count). The number of pyridine rings is 1. The molecule has 0 saturated carbocycles. The van der Waals surface area contributed by atoms with E-state index in [1.54, 1.807) is 6.07 Å². The summed E-state index contributed by atoms with van der Waals surface area (Å²) in [5.41, 5.74) is -0.259. The zero-order chi connectivity index (χ0) is 17.3. The molecule has 0 bridgehead atoms. The Hall–Kier alpha value is -3.26. The molecule has 0 fully saturated rings. The minimum absolute atomic E-state index is 0.0600. The molecular formula is C15H8ClN3O5. The highest BCUT2D eigenvalue weighted by Crippen LogP contribution is 2.37. The Kier molecular flexibility index (Phi) is 3.97. The average Bonchev–Trinajstić information content (AvgIpc) is 2.56. The van der Waals surface area contributed by atoms with Gasteiger partial charge in [-0.3, -0.25) is 25.2 Å². The summed E-state index contributed by atoms with van der Waals surface area (Å²) in [6, 6.07) is 8.13. The predicted octanol–water partition coefficient (Wildman–Crippen LogP) is 4.50. The molecule has 0 aliphatic carbocycles. The number of hydrogen-bond donors (Lipinski definition) is 0. The first-order chi connectivity index (χ1) is 11.5. The van der Waals surface area contributed by atoms with Gasteiger partial charge in [0.15, 0.2) is 0 Å². The first kappa shape index (κ1) is 15.6. The van der Waals surface area contributed by atoms with Crippen molar-refractivity contribution in [2.75, 3.05) is 0 Å². The van der Waals surface area contributed by atoms with Gasteiger partial charge in [-0.1, -0.05) is 11.6 Å². The van der Waals surface area contributed by atoms with Crippen molar-refractivity contribution in [3.8, 4) is 11.5 Å². The third-order valence-electron chi connectivity index (χ3n) is 3.30. The minimum Gasteiger partial charge on any atom is -0.455 e. The molecule has 120 valence electrons. The van der Waals surface area contributed by atoms with Crippen molar-refractivity contribution < 1.29 is 14.6 Å². The second kappa shape index (κ2) is 6.09. The highest BCUT2D eigenvalue weighted by molar-refractivity contribution is 6.32. The molecule has 0 radical (unpaired) electrons. The number of aromatic nitrogens is 1. The van der Waals surface area contributed by atoms with Gasteiger partial charge in [0, 0.05) is 36.0 Å². The maximum absolute atomic E-state index is 11.1. The van der Waals surface area contributed by atoms with Crippen LogP contribution in [0.5, 0.6) is 11.5 Å². The SMILES string of the molecule is O=[N+]([O-])c1ccc(Oc2ccc([N+](=O)[O-])c3cnccc23)c(Cl)c1. The van der Waals surface area contributed by atoms with Gasteiger partial charge in [-0.25, -0.2) is 0 Å². The van der Waals surface area contributed by atoms with Crippen molar-refractivity contribution in [2.24, 2.45) is 0 Å². The van der Waals surface area contributed by atoms with Crippen LogP contribution in [0.1, 0.15) is 0 Å². The number of rotatable bonds is 4. The second-order valence-electron chi connectivity index (χ2n) is 4.74. The van der Waals surface area contributed by atoms with Gasteiger partial charge in [0.2, 0.25) is 0 Å². The lowest BCUT2D eigenvalue weighted by Gasteiger charge is -2.10. The van der Waals surface area contributed by atoms with Crippen LogP contribution in [0.2, 0.25) is 5.02 Å². The molecule has 0 N–H and O–H groups in total. The first-order valence-corrected chi connectivity index (χ1v) is 6.98. The molecule has 24 heavy (non-hydrogen) atoms. The van der Waals surface area contributed by atoms with E-state index in [0.717, 1.165) is 0 Å². The second-order valence-corrected chi connectivity index (χ2v) is 5.14. The van der Waals surface area contributed by atoms with Crippen LogP contribution in [0.15, 0.2) is 48.8 Å². The number of nitro benzene ring substituents is 2. The summed E-state index contributed by atoms with van der Waals surface area (Å²) in [5, 5.41) is 22.7. The largest absolute Gasteiger partial charge is 0.455 e. The molecule has 9 heteroatoms. The van der Waals surface area contributed by atoms with Gasteiger partial charge in [-0.05, 0) is 18.2 Å². The Balaban J connectivity index is 2.07. The highest BCUT2D eigenvalue weighted by atomic mass is 35.5. The molecule has 0 unspecified atom stereocenters. The summed E-state index contributed by atoms with van der Waals surface area (Å²) in [5.74, 6) is 0.531. The number of ether oxygens (including phenoxy) is 1. The first-order valence-electron chi connectivity index (χ1n) is 6.60. The van der Waals surface area contributed by atoms with E-state index in [1.165, 1.54) is 42.7 Å². The van der Waals surface area contributed by atoms with Crippen molar-refractivity contribution in [2.45, 2.75) is 0 Å². The van der Waals surface area contributed by atoms with Gasteiger partial charge in [-0.15, -0.1) is 0 Å². The van der Waals surface area contributed by atoms with Gasteiger partial charge >= 0.3 is 0 Å². The van der Waals surface area contributed by atoms with Gasteiger partial charge < -0.3 is 4.74 Å². The van der Waals surface area contributed by atoms with E-state index in [1.807, 2.05) is 0 Å². The summed E-state index contributed by atoms with van der Waals surface area (Å²) in [6.45, 7) is 0. The third kappa shape index (κ3) is 2.82. The molecular weight excluding hydrogens is 338 g/mol. The summed E-state index contributed by atoms with van der Waals surface area (Å²) in [4.78, 5) is 24.6. The molecule has 0 aliphatic heterocycles. The maximum Gasteiger partial charge on any atom is 0.279 e. The number of nitro groups is 2. The summed E-state index contributed by atoms with van der Waals surface area (Å²) in [6.07, 6.45) is 2.86. The Morgan fingerprint density at radius 2 is 1.71 bits per heavy atom. The molecule has 0 amide bonds.